The zero-order chi connectivity index (χ0) is 50.4. The maximum Gasteiger partial charge on any atom is 0.175 e. The van der Waals surface area contributed by atoms with Crippen molar-refractivity contribution in [3.05, 3.63) is 158 Å². The van der Waals surface area contributed by atoms with Crippen LogP contribution in [0.2, 0.25) is 0 Å². The summed E-state index contributed by atoms with van der Waals surface area (Å²) in [5, 5.41) is 3.44. The van der Waals surface area contributed by atoms with Crippen LogP contribution in [0.25, 0.3) is 43.8 Å². The molecule has 0 radical (unpaired) electrons. The quantitative estimate of drug-likeness (QED) is 0.0817. The van der Waals surface area contributed by atoms with Crippen molar-refractivity contribution in [1.29, 1.82) is 0 Å². The molecule has 2 saturated heterocycles. The zero-order valence-electron chi connectivity index (χ0n) is 41.3. The van der Waals surface area contributed by atoms with Crippen LogP contribution in [0.1, 0.15) is 38.5 Å². The summed E-state index contributed by atoms with van der Waals surface area (Å²) in [5.41, 5.74) is 3.21. The molecule has 0 spiro atoms. The molecule has 8 aromatic rings. The van der Waals surface area contributed by atoms with E-state index in [1.807, 2.05) is 109 Å². The van der Waals surface area contributed by atoms with Crippen LogP contribution in [0, 0.1) is 0 Å². The second kappa shape index (κ2) is 22.1. The first-order valence-corrected chi connectivity index (χ1v) is 28.9. The van der Waals surface area contributed by atoms with Crippen molar-refractivity contribution in [1.82, 2.24) is 9.80 Å². The Morgan fingerprint density at radius 1 is 0.384 bits per heavy atom. The Bertz CT molecular complexity index is 3200. The minimum absolute atomic E-state index is 0.241. The number of ether oxygens (including phenoxy) is 5. The van der Waals surface area contributed by atoms with Gasteiger partial charge in [-0.05, 0) is 195 Å². The summed E-state index contributed by atoms with van der Waals surface area (Å²) >= 11 is 0. The van der Waals surface area contributed by atoms with Crippen LogP contribution in [-0.2, 0) is 19.7 Å². The van der Waals surface area contributed by atoms with E-state index in [0.717, 1.165) is 94.6 Å². The molecular formula is C60H60N2O9S2. The average Bonchev–Trinajstić information content (AvgIpc) is 3.40. The molecule has 13 heteroatoms. The van der Waals surface area contributed by atoms with Crippen LogP contribution in [-0.4, -0.2) is 91.6 Å². The molecule has 10 rings (SSSR count). The summed E-state index contributed by atoms with van der Waals surface area (Å²) in [6, 6.07) is 48.7. The van der Waals surface area contributed by atoms with E-state index >= 15 is 0 Å². The minimum atomic E-state index is -3.38. The summed E-state index contributed by atoms with van der Waals surface area (Å²) in [6.45, 7) is 7.53. The van der Waals surface area contributed by atoms with Gasteiger partial charge in [-0.1, -0.05) is 49.2 Å². The molecule has 2 aliphatic rings. The summed E-state index contributed by atoms with van der Waals surface area (Å²) < 4.78 is 81.6. The maximum atomic E-state index is 12.3. The molecular weight excluding hydrogens is 957 g/mol. The van der Waals surface area contributed by atoms with E-state index in [1.165, 1.54) is 51.0 Å². The lowest BCUT2D eigenvalue weighted by Crippen LogP contribution is -2.33. The van der Waals surface area contributed by atoms with Gasteiger partial charge in [-0.3, -0.25) is 9.80 Å². The summed E-state index contributed by atoms with van der Waals surface area (Å²) in [4.78, 5) is 5.39. The molecule has 0 unspecified atom stereocenters. The van der Waals surface area contributed by atoms with E-state index in [0.29, 0.717) is 47.7 Å². The van der Waals surface area contributed by atoms with Gasteiger partial charge in [0.2, 0.25) is 0 Å². The van der Waals surface area contributed by atoms with Crippen LogP contribution in [0.4, 0.5) is 0 Å². The number of sulfone groups is 2. The zero-order valence-corrected chi connectivity index (χ0v) is 42.9. The minimum Gasteiger partial charge on any atom is -0.492 e. The molecule has 0 aromatic heterocycles. The SMILES string of the molecule is CS(=O)(=O)c1ccc(-c2ccc3cc(Oc4ccc5c(Oc6ccc(OCCN7CCCCC7)cc6)c(-c6ccc(S(C)(=O)=O)cc6)ccc5c4)ccc3c2Oc2ccc(OCCN3CCCCC3)cc2)cc1. The Morgan fingerprint density at radius 2 is 0.740 bits per heavy atom. The number of fused-ring (bicyclic) bond motifs is 2. The number of hydrogen-bond acceptors (Lipinski definition) is 11. The van der Waals surface area contributed by atoms with Gasteiger partial charge in [-0.15, -0.1) is 0 Å². The summed E-state index contributed by atoms with van der Waals surface area (Å²) in [7, 11) is -6.77. The smallest absolute Gasteiger partial charge is 0.175 e. The van der Waals surface area contributed by atoms with Gasteiger partial charge < -0.3 is 23.7 Å². The Kier molecular flexibility index (Phi) is 15.0. The Morgan fingerprint density at radius 3 is 1.11 bits per heavy atom. The predicted molar refractivity (Wildman–Crippen MR) is 290 cm³/mol. The van der Waals surface area contributed by atoms with Crippen molar-refractivity contribution >= 4 is 41.2 Å². The molecule has 73 heavy (non-hydrogen) atoms. The van der Waals surface area contributed by atoms with Crippen molar-refractivity contribution in [2.75, 3.05) is 65.0 Å². The maximum absolute atomic E-state index is 12.3. The van der Waals surface area contributed by atoms with Gasteiger partial charge in [-0.2, -0.15) is 0 Å². The van der Waals surface area contributed by atoms with Gasteiger partial charge in [-0.25, -0.2) is 16.8 Å². The van der Waals surface area contributed by atoms with Gasteiger partial charge in [0, 0.05) is 47.5 Å². The fourth-order valence-electron chi connectivity index (χ4n) is 9.65. The van der Waals surface area contributed by atoms with E-state index in [2.05, 4.69) is 9.80 Å². The molecule has 8 aromatic carbocycles. The van der Waals surface area contributed by atoms with Crippen LogP contribution in [0.15, 0.2) is 168 Å². The highest BCUT2D eigenvalue weighted by atomic mass is 32.2. The van der Waals surface area contributed by atoms with Crippen molar-refractivity contribution in [2.45, 2.75) is 48.3 Å². The largest absolute Gasteiger partial charge is 0.492 e. The molecule has 0 saturated carbocycles. The van der Waals surface area contributed by atoms with Crippen molar-refractivity contribution in [3.8, 4) is 68.2 Å². The third-order valence-corrected chi connectivity index (χ3v) is 15.9. The Hall–Kier alpha value is -6.90. The van der Waals surface area contributed by atoms with Gasteiger partial charge in [0.25, 0.3) is 0 Å². The lowest BCUT2D eigenvalue weighted by molar-refractivity contribution is 0.183. The fourth-order valence-corrected chi connectivity index (χ4v) is 10.9. The van der Waals surface area contributed by atoms with Crippen LogP contribution in [0.3, 0.4) is 0 Å². The highest BCUT2D eigenvalue weighted by Gasteiger charge is 2.19. The Balaban J connectivity index is 0.917. The molecule has 0 amide bonds. The second-order valence-corrected chi connectivity index (χ2v) is 23.0. The van der Waals surface area contributed by atoms with Crippen molar-refractivity contribution in [2.24, 2.45) is 0 Å². The van der Waals surface area contributed by atoms with Gasteiger partial charge >= 0.3 is 0 Å². The van der Waals surface area contributed by atoms with Gasteiger partial charge in [0.1, 0.15) is 59.2 Å². The van der Waals surface area contributed by atoms with Crippen LogP contribution in [0.5, 0.6) is 46.0 Å². The van der Waals surface area contributed by atoms with Crippen molar-refractivity contribution < 1.29 is 40.5 Å². The number of likely N-dealkylation sites (tertiary alicyclic amines) is 2. The fraction of sp³-hybridized carbons (Fsp3) is 0.267. The van der Waals surface area contributed by atoms with E-state index in [-0.39, 0.29) is 9.79 Å². The Labute approximate surface area is 428 Å². The molecule has 0 bridgehead atoms. The van der Waals surface area contributed by atoms with Gasteiger partial charge in [0.15, 0.2) is 19.7 Å². The molecule has 2 aliphatic heterocycles. The monoisotopic (exact) mass is 1020 g/mol. The average molecular weight is 1020 g/mol. The lowest BCUT2D eigenvalue weighted by Gasteiger charge is -2.26. The molecule has 2 heterocycles. The van der Waals surface area contributed by atoms with Crippen molar-refractivity contribution in [3.63, 3.8) is 0 Å². The summed E-state index contributed by atoms with van der Waals surface area (Å²) in [6.07, 6.45) is 9.97. The summed E-state index contributed by atoms with van der Waals surface area (Å²) in [5.74, 6) is 5.27. The molecule has 11 nitrogen and oxygen atoms in total. The second-order valence-electron chi connectivity index (χ2n) is 19.0. The van der Waals surface area contributed by atoms with E-state index in [4.69, 9.17) is 23.7 Å². The van der Waals surface area contributed by atoms with E-state index < -0.39 is 19.7 Å². The lowest BCUT2D eigenvalue weighted by atomic mass is 9.99. The number of hydrogen-bond donors (Lipinski definition) is 0. The van der Waals surface area contributed by atoms with Crippen LogP contribution < -0.4 is 23.7 Å². The van der Waals surface area contributed by atoms with Gasteiger partial charge in [0.05, 0.1) is 9.79 Å². The van der Waals surface area contributed by atoms with Crippen LogP contribution >= 0.6 is 0 Å². The topological polar surface area (TPSA) is 121 Å². The van der Waals surface area contributed by atoms with E-state index in [9.17, 15) is 16.8 Å². The standard InChI is InChI=1S/C60H60N2O9S2/c1-72(63,64)53-25-9-43(10-26-53)55-29-13-45-41-51(23-31-57(45)59(55)70-49-19-15-47(16-20-49)67-39-37-61-33-5-3-6-34-61)69-52-24-32-58-46(42-52)14-30-56(44-11-27-54(28-12-44)73(2,65)66)60(58)71-50-21-17-48(18-22-50)68-40-38-62-35-7-4-8-36-62/h9-32,41-42H,3-8,33-40H2,1-2H3. The predicted octanol–water partition coefficient (Wildman–Crippen LogP) is 13.2. The van der Waals surface area contributed by atoms with E-state index in [1.54, 1.807) is 48.5 Å². The highest BCUT2D eigenvalue weighted by Crippen LogP contribution is 2.44. The highest BCUT2D eigenvalue weighted by molar-refractivity contribution is 7.91. The number of benzene rings is 8. The third kappa shape index (κ3) is 12.3. The molecule has 0 aliphatic carbocycles. The molecule has 0 N–H and O–H groups in total. The molecule has 2 fully saturated rings. The molecule has 376 valence electrons. The number of rotatable bonds is 18. The third-order valence-electron chi connectivity index (χ3n) is 13.6. The molecule has 0 atom stereocenters. The first-order valence-electron chi connectivity index (χ1n) is 25.1. The normalized spacial score (nSPS) is 14.8. The first-order chi connectivity index (χ1) is 35.4. The number of piperidine rings is 2. The number of nitrogens with zero attached hydrogens (tertiary/aromatic N) is 2. The first kappa shape index (κ1) is 49.7.